The molecule has 0 radical (unpaired) electrons. The van der Waals surface area contributed by atoms with Crippen LogP contribution in [0.3, 0.4) is 0 Å². The molecule has 2 heteroatoms. The van der Waals surface area contributed by atoms with Gasteiger partial charge in [0.25, 0.3) is 0 Å². The Morgan fingerprint density at radius 3 is 2.57 bits per heavy atom. The molecule has 0 bridgehead atoms. The lowest BCUT2D eigenvalue weighted by Gasteiger charge is -2.35. The Kier molecular flexibility index (Phi) is 3.24. The van der Waals surface area contributed by atoms with E-state index in [1.165, 1.54) is 45.2 Å². The predicted molar refractivity (Wildman–Crippen MR) is 60.2 cm³/mol. The van der Waals surface area contributed by atoms with Crippen molar-refractivity contribution in [1.29, 1.82) is 0 Å². The summed E-state index contributed by atoms with van der Waals surface area (Å²) in [5, 5.41) is 0. The Hall–Kier alpha value is -0.340. The Morgan fingerprint density at radius 1 is 1.21 bits per heavy atom. The van der Waals surface area contributed by atoms with Gasteiger partial charge in [-0.05, 0) is 31.2 Å². The fourth-order valence-electron chi connectivity index (χ4n) is 2.86. The zero-order valence-corrected chi connectivity index (χ0v) is 9.04. The van der Waals surface area contributed by atoms with E-state index in [1.54, 1.807) is 0 Å². The fourth-order valence-corrected chi connectivity index (χ4v) is 2.86. The molecular weight excluding hydrogens is 172 g/mol. The molecule has 2 nitrogen and oxygen atoms in total. The van der Waals surface area contributed by atoms with E-state index in [2.05, 4.69) is 17.1 Å². The van der Waals surface area contributed by atoms with Crippen molar-refractivity contribution >= 4 is 0 Å². The average molecular weight is 194 g/mol. The lowest BCUT2D eigenvalue weighted by Crippen LogP contribution is -2.42. The highest BCUT2D eigenvalue weighted by molar-refractivity contribution is 4.95. The molecule has 1 aliphatic heterocycles. The normalized spacial score (nSPS) is 26.9. The molecule has 0 aromatic heterocycles. The molecule has 0 spiro atoms. The standard InChI is InChI=1S/C12H22N2/c13-10-12(6-2-3-7-12)11-14-8-4-1-5-9-14/h1,4H,2-3,5-11,13H2. The summed E-state index contributed by atoms with van der Waals surface area (Å²) in [6, 6.07) is 0. The van der Waals surface area contributed by atoms with Crippen LogP contribution in [0.25, 0.3) is 0 Å². The first-order valence-electron chi connectivity index (χ1n) is 5.92. The van der Waals surface area contributed by atoms with Crippen molar-refractivity contribution < 1.29 is 0 Å². The van der Waals surface area contributed by atoms with Crippen LogP contribution in [0.2, 0.25) is 0 Å². The summed E-state index contributed by atoms with van der Waals surface area (Å²) in [5.41, 5.74) is 6.40. The maximum atomic E-state index is 5.94. The van der Waals surface area contributed by atoms with Crippen LogP contribution >= 0.6 is 0 Å². The highest BCUT2D eigenvalue weighted by atomic mass is 15.1. The van der Waals surface area contributed by atoms with Crippen LogP contribution in [0.4, 0.5) is 0 Å². The van der Waals surface area contributed by atoms with Crippen molar-refractivity contribution in [3.05, 3.63) is 12.2 Å². The number of hydrogen-bond acceptors (Lipinski definition) is 2. The summed E-state index contributed by atoms with van der Waals surface area (Å²) in [6.07, 6.45) is 11.3. The van der Waals surface area contributed by atoms with Crippen LogP contribution in [-0.2, 0) is 0 Å². The van der Waals surface area contributed by atoms with Gasteiger partial charge in [0.1, 0.15) is 0 Å². The second-order valence-electron chi connectivity index (χ2n) is 4.91. The van der Waals surface area contributed by atoms with Crippen LogP contribution in [0.15, 0.2) is 12.2 Å². The van der Waals surface area contributed by atoms with E-state index in [4.69, 9.17) is 5.73 Å². The molecule has 1 fully saturated rings. The third-order valence-corrected chi connectivity index (χ3v) is 3.80. The molecular formula is C12H22N2. The second-order valence-corrected chi connectivity index (χ2v) is 4.91. The summed E-state index contributed by atoms with van der Waals surface area (Å²) in [6.45, 7) is 4.49. The highest BCUT2D eigenvalue weighted by Crippen LogP contribution is 2.37. The van der Waals surface area contributed by atoms with Gasteiger partial charge in [0, 0.05) is 19.6 Å². The third kappa shape index (κ3) is 2.18. The minimum Gasteiger partial charge on any atom is -0.330 e. The zero-order chi connectivity index (χ0) is 9.86. The van der Waals surface area contributed by atoms with Crippen molar-refractivity contribution in [3.63, 3.8) is 0 Å². The SMILES string of the molecule is NCC1(CN2CC=CCC2)CCCC1. The minimum absolute atomic E-state index is 0.463. The molecule has 0 unspecified atom stereocenters. The molecule has 1 heterocycles. The van der Waals surface area contributed by atoms with Crippen LogP contribution in [0, 0.1) is 5.41 Å². The molecule has 1 saturated carbocycles. The maximum absolute atomic E-state index is 5.94. The van der Waals surface area contributed by atoms with E-state index in [0.29, 0.717) is 5.41 Å². The first kappa shape index (κ1) is 10.2. The predicted octanol–water partition coefficient (Wildman–Crippen LogP) is 1.77. The topological polar surface area (TPSA) is 29.3 Å². The van der Waals surface area contributed by atoms with Crippen LogP contribution in [0.1, 0.15) is 32.1 Å². The molecule has 2 aliphatic rings. The molecule has 2 rings (SSSR count). The van der Waals surface area contributed by atoms with Gasteiger partial charge in [-0.25, -0.2) is 0 Å². The van der Waals surface area contributed by atoms with Crippen LogP contribution in [0.5, 0.6) is 0 Å². The number of rotatable bonds is 3. The molecule has 0 aromatic rings. The van der Waals surface area contributed by atoms with E-state index in [9.17, 15) is 0 Å². The van der Waals surface area contributed by atoms with E-state index < -0.39 is 0 Å². The second kappa shape index (κ2) is 4.45. The summed E-state index contributed by atoms with van der Waals surface area (Å²) in [5.74, 6) is 0. The van der Waals surface area contributed by atoms with Crippen molar-refractivity contribution in [3.8, 4) is 0 Å². The Balaban J connectivity index is 1.90. The van der Waals surface area contributed by atoms with Gasteiger partial charge in [0.05, 0.1) is 0 Å². The third-order valence-electron chi connectivity index (χ3n) is 3.80. The van der Waals surface area contributed by atoms with Gasteiger partial charge in [0.15, 0.2) is 0 Å². The molecule has 2 N–H and O–H groups in total. The fraction of sp³-hybridized carbons (Fsp3) is 0.833. The molecule has 0 amide bonds. The summed E-state index contributed by atoms with van der Waals surface area (Å²) in [4.78, 5) is 2.57. The highest BCUT2D eigenvalue weighted by Gasteiger charge is 2.33. The van der Waals surface area contributed by atoms with Crippen molar-refractivity contribution in [2.24, 2.45) is 11.1 Å². The van der Waals surface area contributed by atoms with Gasteiger partial charge >= 0.3 is 0 Å². The van der Waals surface area contributed by atoms with E-state index in [0.717, 1.165) is 13.1 Å². The minimum atomic E-state index is 0.463. The Morgan fingerprint density at radius 2 is 2.00 bits per heavy atom. The lowest BCUT2D eigenvalue weighted by molar-refractivity contribution is 0.168. The van der Waals surface area contributed by atoms with E-state index in [-0.39, 0.29) is 0 Å². The molecule has 0 saturated heterocycles. The van der Waals surface area contributed by atoms with Gasteiger partial charge in [-0.3, -0.25) is 4.90 Å². The Labute approximate surface area is 87.2 Å². The van der Waals surface area contributed by atoms with Crippen LogP contribution in [-0.4, -0.2) is 31.1 Å². The molecule has 0 aromatic carbocycles. The number of nitrogens with zero attached hydrogens (tertiary/aromatic N) is 1. The van der Waals surface area contributed by atoms with Gasteiger partial charge in [0.2, 0.25) is 0 Å². The lowest BCUT2D eigenvalue weighted by atomic mass is 9.85. The van der Waals surface area contributed by atoms with Gasteiger partial charge in [-0.1, -0.05) is 25.0 Å². The average Bonchev–Trinajstić information content (AvgIpc) is 2.69. The summed E-state index contributed by atoms with van der Waals surface area (Å²) >= 11 is 0. The zero-order valence-electron chi connectivity index (χ0n) is 9.04. The number of nitrogens with two attached hydrogens (primary N) is 1. The largest absolute Gasteiger partial charge is 0.330 e. The van der Waals surface area contributed by atoms with Gasteiger partial charge in [-0.2, -0.15) is 0 Å². The first-order chi connectivity index (χ1) is 6.85. The van der Waals surface area contributed by atoms with Gasteiger partial charge < -0.3 is 5.73 Å². The van der Waals surface area contributed by atoms with Crippen molar-refractivity contribution in [2.75, 3.05) is 26.2 Å². The van der Waals surface area contributed by atoms with Crippen molar-refractivity contribution in [2.45, 2.75) is 32.1 Å². The molecule has 80 valence electrons. The first-order valence-corrected chi connectivity index (χ1v) is 5.92. The van der Waals surface area contributed by atoms with Crippen LogP contribution < -0.4 is 5.73 Å². The summed E-state index contributed by atoms with van der Waals surface area (Å²) < 4.78 is 0. The molecule has 14 heavy (non-hydrogen) atoms. The van der Waals surface area contributed by atoms with E-state index >= 15 is 0 Å². The smallest absolute Gasteiger partial charge is 0.0163 e. The Bertz CT molecular complexity index is 204. The summed E-state index contributed by atoms with van der Waals surface area (Å²) in [7, 11) is 0. The molecule has 0 atom stereocenters. The van der Waals surface area contributed by atoms with Crippen molar-refractivity contribution in [1.82, 2.24) is 4.90 Å². The van der Waals surface area contributed by atoms with E-state index in [1.807, 2.05) is 0 Å². The number of hydrogen-bond donors (Lipinski definition) is 1. The quantitative estimate of drug-likeness (QED) is 0.694. The maximum Gasteiger partial charge on any atom is 0.0163 e. The van der Waals surface area contributed by atoms with Gasteiger partial charge in [-0.15, -0.1) is 0 Å². The molecule has 1 aliphatic carbocycles. The monoisotopic (exact) mass is 194 g/mol.